The Morgan fingerprint density at radius 2 is 1.66 bits per heavy atom. The van der Waals surface area contributed by atoms with Crippen LogP contribution in [0.25, 0.3) is 0 Å². The molecular formula is C21H33N3O4S. The third kappa shape index (κ3) is 5.49. The van der Waals surface area contributed by atoms with Gasteiger partial charge >= 0.3 is 0 Å². The van der Waals surface area contributed by atoms with Gasteiger partial charge in [-0.3, -0.25) is 4.79 Å². The fourth-order valence-corrected chi connectivity index (χ4v) is 5.67. The van der Waals surface area contributed by atoms with E-state index in [9.17, 15) is 13.2 Å². The molecule has 0 bridgehead atoms. The standard InChI is InChI=1S/C21H33N3O4S/c1-3-28-20-7-5-4-6-19(20)16-22-21(25)18-10-14-24(15-11-18)29(26,27)23-12-8-17(2)9-13-23/h4-7,17-18H,3,8-16H2,1-2H3,(H,22,25). The van der Waals surface area contributed by atoms with Gasteiger partial charge in [0.2, 0.25) is 5.91 Å². The molecule has 8 heteroatoms. The van der Waals surface area contributed by atoms with E-state index in [1.54, 1.807) is 8.61 Å². The summed E-state index contributed by atoms with van der Waals surface area (Å²) in [6.45, 7) is 7.10. The number of nitrogens with one attached hydrogen (secondary N) is 1. The number of para-hydroxylation sites is 1. The molecule has 0 spiro atoms. The summed E-state index contributed by atoms with van der Waals surface area (Å²) < 4.78 is 34.5. The molecule has 2 fully saturated rings. The van der Waals surface area contributed by atoms with Crippen LogP contribution >= 0.6 is 0 Å². The van der Waals surface area contributed by atoms with E-state index in [-0.39, 0.29) is 11.8 Å². The Morgan fingerprint density at radius 3 is 2.28 bits per heavy atom. The minimum atomic E-state index is -3.41. The molecule has 2 aliphatic heterocycles. The van der Waals surface area contributed by atoms with Crippen molar-refractivity contribution in [3.63, 3.8) is 0 Å². The number of benzene rings is 1. The van der Waals surface area contributed by atoms with E-state index in [1.807, 2.05) is 31.2 Å². The highest BCUT2D eigenvalue weighted by Crippen LogP contribution is 2.25. The van der Waals surface area contributed by atoms with Crippen LogP contribution < -0.4 is 10.1 Å². The van der Waals surface area contributed by atoms with Crippen molar-refractivity contribution < 1.29 is 17.9 Å². The third-order valence-corrected chi connectivity index (χ3v) is 7.98. The van der Waals surface area contributed by atoms with Crippen molar-refractivity contribution in [3.8, 4) is 5.75 Å². The van der Waals surface area contributed by atoms with E-state index in [1.165, 1.54) is 0 Å². The van der Waals surface area contributed by atoms with E-state index >= 15 is 0 Å². The Balaban J connectivity index is 1.49. The van der Waals surface area contributed by atoms with Crippen molar-refractivity contribution >= 4 is 16.1 Å². The van der Waals surface area contributed by atoms with Crippen molar-refractivity contribution in [2.75, 3.05) is 32.8 Å². The van der Waals surface area contributed by atoms with Gasteiger partial charge in [-0.2, -0.15) is 17.0 Å². The molecule has 1 amide bonds. The molecular weight excluding hydrogens is 390 g/mol. The number of nitrogens with zero attached hydrogens (tertiary/aromatic N) is 2. The van der Waals surface area contributed by atoms with Crippen molar-refractivity contribution in [2.45, 2.75) is 46.1 Å². The summed E-state index contributed by atoms with van der Waals surface area (Å²) >= 11 is 0. The Bertz CT molecular complexity index is 783. The Labute approximate surface area is 174 Å². The van der Waals surface area contributed by atoms with Gasteiger partial charge in [0.05, 0.1) is 6.61 Å². The number of hydrogen-bond donors (Lipinski definition) is 1. The molecule has 2 aliphatic rings. The Morgan fingerprint density at radius 1 is 1.07 bits per heavy atom. The van der Waals surface area contributed by atoms with Crippen molar-refractivity contribution in [2.24, 2.45) is 11.8 Å². The predicted octanol–water partition coefficient (Wildman–Crippen LogP) is 2.39. The van der Waals surface area contributed by atoms with Gasteiger partial charge in [-0.15, -0.1) is 0 Å². The maximum atomic E-state index is 12.9. The number of hydrogen-bond acceptors (Lipinski definition) is 4. The summed E-state index contributed by atoms with van der Waals surface area (Å²) in [5.41, 5.74) is 0.946. The summed E-state index contributed by atoms with van der Waals surface area (Å²) in [5.74, 6) is 1.21. The molecule has 0 atom stereocenters. The largest absolute Gasteiger partial charge is 0.494 e. The van der Waals surface area contributed by atoms with Crippen LogP contribution in [0.1, 0.15) is 45.1 Å². The first-order valence-corrected chi connectivity index (χ1v) is 12.0. The minimum absolute atomic E-state index is 0.0138. The van der Waals surface area contributed by atoms with E-state index in [2.05, 4.69) is 12.2 Å². The summed E-state index contributed by atoms with van der Waals surface area (Å²) in [5, 5.41) is 2.99. The molecule has 0 saturated carbocycles. The van der Waals surface area contributed by atoms with Gasteiger partial charge in [0.1, 0.15) is 5.75 Å². The monoisotopic (exact) mass is 423 g/mol. The molecule has 1 aromatic rings. The number of piperidine rings is 2. The quantitative estimate of drug-likeness (QED) is 0.730. The predicted molar refractivity (Wildman–Crippen MR) is 113 cm³/mol. The van der Waals surface area contributed by atoms with Gasteiger partial charge in [0, 0.05) is 44.2 Å². The topological polar surface area (TPSA) is 79.0 Å². The molecule has 162 valence electrons. The molecule has 7 nitrogen and oxygen atoms in total. The lowest BCUT2D eigenvalue weighted by Crippen LogP contribution is -2.50. The fraction of sp³-hybridized carbons (Fsp3) is 0.667. The number of carbonyl (C=O) groups excluding carboxylic acids is 1. The van der Waals surface area contributed by atoms with Crippen LogP contribution in [0.3, 0.4) is 0 Å². The lowest BCUT2D eigenvalue weighted by Gasteiger charge is -2.37. The molecule has 2 heterocycles. The maximum absolute atomic E-state index is 12.9. The van der Waals surface area contributed by atoms with Crippen LogP contribution in [0.15, 0.2) is 24.3 Å². The van der Waals surface area contributed by atoms with E-state index < -0.39 is 10.2 Å². The van der Waals surface area contributed by atoms with E-state index in [4.69, 9.17) is 4.74 Å². The highest BCUT2D eigenvalue weighted by molar-refractivity contribution is 7.86. The molecule has 0 aromatic heterocycles. The van der Waals surface area contributed by atoms with E-state index in [0.717, 1.165) is 24.2 Å². The van der Waals surface area contributed by atoms with Crippen LogP contribution in [0, 0.1) is 11.8 Å². The molecule has 0 unspecified atom stereocenters. The van der Waals surface area contributed by atoms with Crippen LogP contribution in [0.4, 0.5) is 0 Å². The molecule has 3 rings (SSSR count). The first kappa shape index (κ1) is 22.1. The summed E-state index contributed by atoms with van der Waals surface area (Å²) in [7, 11) is -3.41. The lowest BCUT2D eigenvalue weighted by molar-refractivity contribution is -0.126. The van der Waals surface area contributed by atoms with Crippen molar-refractivity contribution in [3.05, 3.63) is 29.8 Å². The van der Waals surface area contributed by atoms with Gasteiger partial charge in [-0.25, -0.2) is 0 Å². The summed E-state index contributed by atoms with van der Waals surface area (Å²) in [6, 6.07) is 7.68. The second-order valence-electron chi connectivity index (χ2n) is 8.02. The van der Waals surface area contributed by atoms with Gasteiger partial charge < -0.3 is 10.1 Å². The second kappa shape index (κ2) is 9.91. The zero-order valence-corrected chi connectivity index (χ0v) is 18.3. The number of amides is 1. The fourth-order valence-electron chi connectivity index (χ4n) is 4.00. The SMILES string of the molecule is CCOc1ccccc1CNC(=O)C1CCN(S(=O)(=O)N2CCC(C)CC2)CC1. The highest BCUT2D eigenvalue weighted by Gasteiger charge is 2.35. The van der Waals surface area contributed by atoms with Crippen LogP contribution in [0.5, 0.6) is 5.75 Å². The van der Waals surface area contributed by atoms with Gasteiger partial charge in [-0.05, 0) is 44.6 Å². The third-order valence-electron chi connectivity index (χ3n) is 5.95. The normalized spacial score (nSPS) is 20.5. The van der Waals surface area contributed by atoms with Crippen molar-refractivity contribution in [1.82, 2.24) is 13.9 Å². The average molecular weight is 424 g/mol. The zero-order chi connectivity index (χ0) is 20.9. The van der Waals surface area contributed by atoms with Crippen LogP contribution in [0.2, 0.25) is 0 Å². The molecule has 1 N–H and O–H groups in total. The van der Waals surface area contributed by atoms with Gasteiger partial charge in [0.25, 0.3) is 10.2 Å². The average Bonchev–Trinajstić information content (AvgIpc) is 2.73. The minimum Gasteiger partial charge on any atom is -0.494 e. The van der Waals surface area contributed by atoms with Crippen molar-refractivity contribution in [1.29, 1.82) is 0 Å². The van der Waals surface area contributed by atoms with Crippen LogP contribution in [-0.2, 0) is 21.5 Å². The first-order valence-electron chi connectivity index (χ1n) is 10.7. The summed E-state index contributed by atoms with van der Waals surface area (Å²) in [6.07, 6.45) is 2.95. The highest BCUT2D eigenvalue weighted by atomic mass is 32.2. The molecule has 2 saturated heterocycles. The van der Waals surface area contributed by atoms with Gasteiger partial charge in [-0.1, -0.05) is 25.1 Å². The van der Waals surface area contributed by atoms with E-state index in [0.29, 0.717) is 58.1 Å². The Hall–Kier alpha value is -1.64. The molecule has 1 aromatic carbocycles. The number of carbonyl (C=O) groups is 1. The first-order chi connectivity index (χ1) is 13.9. The maximum Gasteiger partial charge on any atom is 0.281 e. The zero-order valence-electron chi connectivity index (χ0n) is 17.5. The smallest absolute Gasteiger partial charge is 0.281 e. The number of ether oxygens (including phenoxy) is 1. The summed E-state index contributed by atoms with van der Waals surface area (Å²) in [4.78, 5) is 12.6. The lowest BCUT2D eigenvalue weighted by atomic mass is 9.97. The number of rotatable bonds is 7. The molecule has 29 heavy (non-hydrogen) atoms. The van der Waals surface area contributed by atoms with Gasteiger partial charge in [0.15, 0.2) is 0 Å². The molecule has 0 aliphatic carbocycles. The molecule has 0 radical (unpaired) electrons. The van der Waals surface area contributed by atoms with Crippen LogP contribution in [-0.4, -0.2) is 55.7 Å². The second-order valence-corrected chi connectivity index (χ2v) is 9.95. The Kier molecular flexibility index (Phi) is 7.54.